The maximum Gasteiger partial charge on any atom is 0.336 e. The smallest absolute Gasteiger partial charge is 0.336 e. The SMILES string of the molecule is Cc1c(C)c(C(=O)O)c(C)c(C)c1F. The second-order valence-electron chi connectivity index (χ2n) is 3.49. The lowest BCUT2D eigenvalue weighted by molar-refractivity contribution is 0.0695. The van der Waals surface area contributed by atoms with E-state index in [4.69, 9.17) is 5.11 Å². The Kier molecular flexibility index (Phi) is 2.60. The van der Waals surface area contributed by atoms with Crippen molar-refractivity contribution in [1.82, 2.24) is 0 Å². The summed E-state index contributed by atoms with van der Waals surface area (Å²) in [5, 5.41) is 8.96. The van der Waals surface area contributed by atoms with Crippen molar-refractivity contribution in [2.75, 3.05) is 0 Å². The van der Waals surface area contributed by atoms with Gasteiger partial charge in [0.15, 0.2) is 0 Å². The number of hydrogen-bond donors (Lipinski definition) is 1. The fourth-order valence-corrected chi connectivity index (χ4v) is 1.59. The van der Waals surface area contributed by atoms with E-state index in [1.165, 1.54) is 0 Å². The number of benzene rings is 1. The molecule has 3 heteroatoms. The van der Waals surface area contributed by atoms with Gasteiger partial charge in [0, 0.05) is 0 Å². The summed E-state index contributed by atoms with van der Waals surface area (Å²) in [6.45, 7) is 6.47. The van der Waals surface area contributed by atoms with Crippen molar-refractivity contribution in [3.8, 4) is 0 Å². The minimum Gasteiger partial charge on any atom is -0.478 e. The van der Waals surface area contributed by atoms with Crippen molar-refractivity contribution in [3.05, 3.63) is 33.6 Å². The molecule has 1 aromatic carbocycles. The number of aromatic carboxylic acids is 1. The Labute approximate surface area is 82.4 Å². The lowest BCUT2D eigenvalue weighted by Gasteiger charge is -2.13. The van der Waals surface area contributed by atoms with E-state index in [-0.39, 0.29) is 11.4 Å². The van der Waals surface area contributed by atoms with Crippen molar-refractivity contribution in [1.29, 1.82) is 0 Å². The molecule has 0 aliphatic carbocycles. The van der Waals surface area contributed by atoms with E-state index in [0.717, 1.165) is 0 Å². The van der Waals surface area contributed by atoms with Crippen LogP contribution < -0.4 is 0 Å². The van der Waals surface area contributed by atoms with Gasteiger partial charge in [-0.1, -0.05) is 0 Å². The van der Waals surface area contributed by atoms with Crippen LogP contribution >= 0.6 is 0 Å². The molecule has 1 N–H and O–H groups in total. The van der Waals surface area contributed by atoms with E-state index >= 15 is 0 Å². The van der Waals surface area contributed by atoms with Gasteiger partial charge in [0.2, 0.25) is 0 Å². The van der Waals surface area contributed by atoms with Gasteiger partial charge in [-0.05, 0) is 49.9 Å². The van der Waals surface area contributed by atoms with Crippen LogP contribution in [0.3, 0.4) is 0 Å². The predicted octanol–water partition coefficient (Wildman–Crippen LogP) is 2.76. The van der Waals surface area contributed by atoms with Crippen molar-refractivity contribution >= 4 is 5.97 Å². The van der Waals surface area contributed by atoms with Crippen LogP contribution in [-0.2, 0) is 0 Å². The van der Waals surface area contributed by atoms with Gasteiger partial charge in [-0.2, -0.15) is 0 Å². The lowest BCUT2D eigenvalue weighted by Crippen LogP contribution is -2.08. The number of hydrogen-bond acceptors (Lipinski definition) is 1. The number of carboxylic acid groups (broad SMARTS) is 1. The van der Waals surface area contributed by atoms with Crippen molar-refractivity contribution in [2.45, 2.75) is 27.7 Å². The molecule has 1 aromatic rings. The zero-order valence-corrected chi connectivity index (χ0v) is 8.73. The predicted molar refractivity (Wildman–Crippen MR) is 52.3 cm³/mol. The van der Waals surface area contributed by atoms with Gasteiger partial charge < -0.3 is 5.11 Å². The first kappa shape index (κ1) is 10.7. The van der Waals surface area contributed by atoms with E-state index in [1.54, 1.807) is 27.7 Å². The molecule has 0 aliphatic rings. The maximum absolute atomic E-state index is 13.5. The summed E-state index contributed by atoms with van der Waals surface area (Å²) in [4.78, 5) is 10.9. The van der Waals surface area contributed by atoms with E-state index in [9.17, 15) is 9.18 Å². The van der Waals surface area contributed by atoms with Gasteiger partial charge in [0.1, 0.15) is 5.82 Å². The first-order chi connectivity index (χ1) is 6.37. The highest BCUT2D eigenvalue weighted by molar-refractivity contribution is 5.92. The van der Waals surface area contributed by atoms with E-state index in [1.807, 2.05) is 0 Å². The van der Waals surface area contributed by atoms with E-state index in [0.29, 0.717) is 22.3 Å². The van der Waals surface area contributed by atoms with Crippen LogP contribution in [0, 0.1) is 33.5 Å². The molecule has 0 saturated carbocycles. The van der Waals surface area contributed by atoms with Gasteiger partial charge in [-0.3, -0.25) is 0 Å². The Morgan fingerprint density at radius 3 is 1.64 bits per heavy atom. The van der Waals surface area contributed by atoms with Gasteiger partial charge in [0.25, 0.3) is 0 Å². The molecule has 0 aliphatic heterocycles. The summed E-state index contributed by atoms with van der Waals surface area (Å²) in [7, 11) is 0. The zero-order valence-electron chi connectivity index (χ0n) is 8.73. The average molecular weight is 196 g/mol. The minimum atomic E-state index is -0.994. The molecule has 0 fully saturated rings. The summed E-state index contributed by atoms with van der Waals surface area (Å²) in [5.74, 6) is -1.30. The molecule has 0 heterocycles. The first-order valence-corrected chi connectivity index (χ1v) is 4.37. The molecule has 0 radical (unpaired) electrons. The molecular formula is C11H13FO2. The molecule has 0 unspecified atom stereocenters. The Morgan fingerprint density at radius 2 is 1.36 bits per heavy atom. The van der Waals surface area contributed by atoms with Crippen LogP contribution in [0.4, 0.5) is 4.39 Å². The van der Waals surface area contributed by atoms with Gasteiger partial charge in [0.05, 0.1) is 5.56 Å². The van der Waals surface area contributed by atoms with Gasteiger partial charge >= 0.3 is 5.97 Å². The normalized spacial score (nSPS) is 10.4. The minimum absolute atomic E-state index is 0.224. The van der Waals surface area contributed by atoms with Crippen molar-refractivity contribution < 1.29 is 14.3 Å². The topological polar surface area (TPSA) is 37.3 Å². The Hall–Kier alpha value is -1.38. The summed E-state index contributed by atoms with van der Waals surface area (Å²) in [5.41, 5.74) is 2.09. The van der Waals surface area contributed by atoms with Gasteiger partial charge in [-0.15, -0.1) is 0 Å². The molecular weight excluding hydrogens is 183 g/mol. The third-order valence-electron chi connectivity index (χ3n) is 2.75. The third-order valence-corrected chi connectivity index (χ3v) is 2.75. The quantitative estimate of drug-likeness (QED) is 0.749. The van der Waals surface area contributed by atoms with Crippen LogP contribution in [0.2, 0.25) is 0 Å². The number of rotatable bonds is 1. The number of carbonyl (C=O) groups is 1. The number of halogens is 1. The highest BCUT2D eigenvalue weighted by atomic mass is 19.1. The second-order valence-corrected chi connectivity index (χ2v) is 3.49. The highest BCUT2D eigenvalue weighted by Crippen LogP contribution is 2.25. The standard InChI is InChI=1S/C11H13FO2/c1-5-7(3)10(12)8(4)6(2)9(5)11(13)14/h1-4H3,(H,13,14). The summed E-state index contributed by atoms with van der Waals surface area (Å²) in [6.07, 6.45) is 0. The van der Waals surface area contributed by atoms with E-state index < -0.39 is 5.97 Å². The monoisotopic (exact) mass is 196 g/mol. The summed E-state index contributed by atoms with van der Waals surface area (Å²) >= 11 is 0. The fraction of sp³-hybridized carbons (Fsp3) is 0.364. The fourth-order valence-electron chi connectivity index (χ4n) is 1.59. The molecule has 0 atom stereocenters. The average Bonchev–Trinajstić information content (AvgIpc) is 2.11. The van der Waals surface area contributed by atoms with Crippen molar-refractivity contribution in [2.24, 2.45) is 0 Å². The lowest BCUT2D eigenvalue weighted by atomic mass is 9.93. The zero-order chi connectivity index (χ0) is 11.0. The molecule has 0 amide bonds. The molecule has 1 rings (SSSR count). The first-order valence-electron chi connectivity index (χ1n) is 4.37. The Balaban J connectivity index is 3.68. The summed E-state index contributed by atoms with van der Waals surface area (Å²) < 4.78 is 13.5. The highest BCUT2D eigenvalue weighted by Gasteiger charge is 2.18. The molecule has 0 spiro atoms. The molecule has 0 aromatic heterocycles. The molecule has 2 nitrogen and oxygen atoms in total. The molecule has 14 heavy (non-hydrogen) atoms. The Morgan fingerprint density at radius 1 is 1.00 bits per heavy atom. The molecule has 0 saturated heterocycles. The summed E-state index contributed by atoms with van der Waals surface area (Å²) in [6, 6.07) is 0. The third kappa shape index (κ3) is 1.39. The molecule has 76 valence electrons. The largest absolute Gasteiger partial charge is 0.478 e. The van der Waals surface area contributed by atoms with Crippen molar-refractivity contribution in [3.63, 3.8) is 0 Å². The van der Waals surface area contributed by atoms with Crippen LogP contribution in [0.1, 0.15) is 32.6 Å². The van der Waals surface area contributed by atoms with Crippen LogP contribution in [0.25, 0.3) is 0 Å². The van der Waals surface area contributed by atoms with Crippen LogP contribution in [-0.4, -0.2) is 11.1 Å². The van der Waals surface area contributed by atoms with Crippen LogP contribution in [0.15, 0.2) is 0 Å². The van der Waals surface area contributed by atoms with Crippen LogP contribution in [0.5, 0.6) is 0 Å². The molecule has 0 bridgehead atoms. The Bertz CT molecular complexity index is 379. The van der Waals surface area contributed by atoms with Gasteiger partial charge in [-0.25, -0.2) is 9.18 Å². The number of carboxylic acids is 1. The maximum atomic E-state index is 13.5. The second kappa shape index (κ2) is 3.40. The van der Waals surface area contributed by atoms with E-state index in [2.05, 4.69) is 0 Å².